The van der Waals surface area contributed by atoms with E-state index in [-0.39, 0.29) is 47.8 Å². The summed E-state index contributed by atoms with van der Waals surface area (Å²) >= 11 is 0. The third kappa shape index (κ3) is 4.94. The molecule has 5 rings (SSSR count). The van der Waals surface area contributed by atoms with Crippen LogP contribution in [0.2, 0.25) is 0 Å². The summed E-state index contributed by atoms with van der Waals surface area (Å²) in [6, 6.07) is 2.99. The van der Waals surface area contributed by atoms with Gasteiger partial charge in [0.05, 0.1) is 42.3 Å². The first kappa shape index (κ1) is 26.4. The van der Waals surface area contributed by atoms with Crippen molar-refractivity contribution in [2.24, 2.45) is 16.9 Å². The SMILES string of the molecule is CC1(C)CC(=O)c2c3c(n(-c4cc(F)c(C(N)=O)c(N[C@H]5CC[C@H](OC(=O)CCN)CC5)c4)c2C1)COC3. The van der Waals surface area contributed by atoms with Crippen molar-refractivity contribution in [1.29, 1.82) is 0 Å². The second-order valence-electron chi connectivity index (χ2n) is 11.4. The van der Waals surface area contributed by atoms with Crippen molar-refractivity contribution >= 4 is 23.3 Å². The smallest absolute Gasteiger partial charge is 0.307 e. The summed E-state index contributed by atoms with van der Waals surface area (Å²) in [6.07, 6.45) is 3.77. The van der Waals surface area contributed by atoms with E-state index in [2.05, 4.69) is 19.2 Å². The van der Waals surface area contributed by atoms with Crippen molar-refractivity contribution in [3.05, 3.63) is 46.0 Å². The maximum Gasteiger partial charge on any atom is 0.307 e. The topological polar surface area (TPSA) is 139 Å². The summed E-state index contributed by atoms with van der Waals surface area (Å²) in [4.78, 5) is 37.2. The number of nitrogens with two attached hydrogens (primary N) is 2. The zero-order chi connectivity index (χ0) is 27.2. The zero-order valence-corrected chi connectivity index (χ0v) is 21.9. The van der Waals surface area contributed by atoms with E-state index in [0.717, 1.165) is 17.0 Å². The summed E-state index contributed by atoms with van der Waals surface area (Å²) in [6.45, 7) is 5.04. The molecule has 5 N–H and O–H groups in total. The van der Waals surface area contributed by atoms with Crippen LogP contribution >= 0.6 is 0 Å². The molecule has 1 aromatic heterocycles. The molecule has 0 saturated heterocycles. The number of halogens is 1. The van der Waals surface area contributed by atoms with E-state index >= 15 is 4.39 Å². The number of esters is 1. The molecule has 10 heteroatoms. The van der Waals surface area contributed by atoms with Gasteiger partial charge in [-0.05, 0) is 49.7 Å². The molecule has 204 valence electrons. The molecule has 1 saturated carbocycles. The summed E-state index contributed by atoms with van der Waals surface area (Å²) in [7, 11) is 0. The Bertz CT molecular complexity index is 1290. The predicted molar refractivity (Wildman–Crippen MR) is 139 cm³/mol. The van der Waals surface area contributed by atoms with Gasteiger partial charge in [0.15, 0.2) is 5.78 Å². The molecule has 1 amide bonds. The molecular weight excluding hydrogens is 491 g/mol. The maximum absolute atomic E-state index is 15.5. The fraction of sp³-hybridized carbons (Fsp3) is 0.536. The number of primary amides is 1. The van der Waals surface area contributed by atoms with Crippen molar-refractivity contribution < 1.29 is 28.2 Å². The van der Waals surface area contributed by atoms with Crippen molar-refractivity contribution in [3.63, 3.8) is 0 Å². The Morgan fingerprint density at radius 2 is 1.89 bits per heavy atom. The lowest BCUT2D eigenvalue weighted by atomic mass is 9.75. The first-order valence-corrected chi connectivity index (χ1v) is 13.2. The molecule has 0 unspecified atom stereocenters. The number of hydrogen-bond donors (Lipinski definition) is 3. The highest BCUT2D eigenvalue weighted by Gasteiger charge is 2.39. The highest BCUT2D eigenvalue weighted by Crippen LogP contribution is 2.43. The fourth-order valence-electron chi connectivity index (χ4n) is 6.13. The van der Waals surface area contributed by atoms with Crippen molar-refractivity contribution in [2.75, 3.05) is 11.9 Å². The Kier molecular flexibility index (Phi) is 7.04. The molecule has 0 radical (unpaired) electrons. The molecule has 1 aromatic carbocycles. The number of nitrogens with one attached hydrogen (secondary N) is 1. The number of benzene rings is 1. The van der Waals surface area contributed by atoms with Gasteiger partial charge in [0, 0.05) is 35.8 Å². The molecule has 2 aliphatic carbocycles. The van der Waals surface area contributed by atoms with Crippen LogP contribution in [0.1, 0.15) is 90.0 Å². The van der Waals surface area contributed by atoms with Gasteiger partial charge in [-0.15, -0.1) is 0 Å². The lowest BCUT2D eigenvalue weighted by Gasteiger charge is -2.31. The number of rotatable bonds is 7. The third-order valence-corrected chi connectivity index (χ3v) is 7.79. The van der Waals surface area contributed by atoms with E-state index in [0.29, 0.717) is 68.7 Å². The Balaban J connectivity index is 1.47. The number of Topliss-reactive ketones (excluding diaryl/α,β-unsaturated/α-hetero) is 1. The van der Waals surface area contributed by atoms with E-state index < -0.39 is 11.7 Å². The molecule has 9 nitrogen and oxygen atoms in total. The molecule has 38 heavy (non-hydrogen) atoms. The number of aromatic nitrogens is 1. The minimum atomic E-state index is -0.861. The summed E-state index contributed by atoms with van der Waals surface area (Å²) in [5, 5.41) is 3.33. The quantitative estimate of drug-likeness (QED) is 0.469. The average Bonchev–Trinajstić information content (AvgIpc) is 3.39. The van der Waals surface area contributed by atoms with E-state index in [1.54, 1.807) is 6.07 Å². The molecular formula is C28H35FN4O5. The summed E-state index contributed by atoms with van der Waals surface area (Å²) < 4.78 is 28.6. The Hall–Kier alpha value is -3.24. The van der Waals surface area contributed by atoms with E-state index in [9.17, 15) is 14.4 Å². The van der Waals surface area contributed by atoms with Gasteiger partial charge >= 0.3 is 5.97 Å². The van der Waals surface area contributed by atoms with Gasteiger partial charge in [-0.3, -0.25) is 14.4 Å². The Morgan fingerprint density at radius 1 is 1.16 bits per heavy atom. The number of ketones is 1. The first-order chi connectivity index (χ1) is 18.1. The van der Waals surface area contributed by atoms with E-state index in [1.807, 2.05) is 4.57 Å². The predicted octanol–water partition coefficient (Wildman–Crippen LogP) is 3.52. The minimum Gasteiger partial charge on any atom is -0.462 e. The standard InChI is InChI=1S/C28H35FN4O5/c1-28(2)11-21-25(23(34)12-28)18-13-37-14-22(18)33(21)16-9-19(29)26(27(31)36)20(10-16)32-15-3-5-17(6-4-15)38-24(35)7-8-30/h9-10,15,17,32H,3-8,11-14,30H2,1-2H3,(H2,31,36)/t15-,17-. The van der Waals surface area contributed by atoms with Crippen LogP contribution in [0.4, 0.5) is 10.1 Å². The van der Waals surface area contributed by atoms with Crippen LogP contribution in [0, 0.1) is 11.2 Å². The van der Waals surface area contributed by atoms with Gasteiger partial charge < -0.3 is 30.8 Å². The fourth-order valence-corrected chi connectivity index (χ4v) is 6.13. The van der Waals surface area contributed by atoms with Gasteiger partial charge in [-0.25, -0.2) is 4.39 Å². The molecule has 3 aliphatic rings. The van der Waals surface area contributed by atoms with Crippen LogP contribution < -0.4 is 16.8 Å². The van der Waals surface area contributed by atoms with Crippen LogP contribution in [0.25, 0.3) is 5.69 Å². The number of nitrogens with zero attached hydrogens (tertiary/aromatic N) is 1. The summed E-state index contributed by atoms with van der Waals surface area (Å²) in [5.41, 5.74) is 14.7. The first-order valence-electron chi connectivity index (χ1n) is 13.2. The Labute approximate surface area is 221 Å². The molecule has 2 aromatic rings. The van der Waals surface area contributed by atoms with Gasteiger partial charge in [0.1, 0.15) is 11.9 Å². The number of amides is 1. The average molecular weight is 527 g/mol. The molecule has 1 aliphatic heterocycles. The zero-order valence-electron chi connectivity index (χ0n) is 21.9. The number of ether oxygens (including phenoxy) is 2. The van der Waals surface area contributed by atoms with Crippen LogP contribution in [-0.4, -0.2) is 40.9 Å². The number of hydrogen-bond acceptors (Lipinski definition) is 7. The van der Waals surface area contributed by atoms with Crippen LogP contribution in [0.5, 0.6) is 0 Å². The minimum absolute atomic E-state index is 0.0552. The number of carbonyl (C=O) groups excluding carboxylic acids is 3. The lowest BCUT2D eigenvalue weighted by molar-refractivity contribution is -0.150. The molecule has 0 spiro atoms. The normalized spacial score (nSPS) is 22.1. The second-order valence-corrected chi connectivity index (χ2v) is 11.4. The maximum atomic E-state index is 15.5. The molecule has 1 fully saturated rings. The van der Waals surface area contributed by atoms with Crippen LogP contribution in [-0.2, 0) is 33.9 Å². The molecule has 0 bridgehead atoms. The van der Waals surface area contributed by atoms with E-state index in [1.165, 1.54) is 6.07 Å². The Morgan fingerprint density at radius 3 is 2.58 bits per heavy atom. The summed E-state index contributed by atoms with van der Waals surface area (Å²) in [5.74, 6) is -1.81. The monoisotopic (exact) mass is 526 g/mol. The molecule has 2 heterocycles. The number of carbonyl (C=O) groups is 3. The van der Waals surface area contributed by atoms with Gasteiger partial charge in [-0.1, -0.05) is 13.8 Å². The number of anilines is 1. The molecule has 0 atom stereocenters. The van der Waals surface area contributed by atoms with Gasteiger partial charge in [0.25, 0.3) is 5.91 Å². The number of fused-ring (bicyclic) bond motifs is 3. The second kappa shape index (κ2) is 10.1. The highest BCUT2D eigenvalue weighted by atomic mass is 19.1. The third-order valence-electron chi connectivity index (χ3n) is 7.79. The van der Waals surface area contributed by atoms with E-state index in [4.69, 9.17) is 20.9 Å². The van der Waals surface area contributed by atoms with Crippen molar-refractivity contribution in [1.82, 2.24) is 4.57 Å². The lowest BCUT2D eigenvalue weighted by Crippen LogP contribution is -2.32. The largest absolute Gasteiger partial charge is 0.462 e. The van der Waals surface area contributed by atoms with Gasteiger partial charge in [0.2, 0.25) is 0 Å². The highest BCUT2D eigenvalue weighted by molar-refractivity contribution is 6.01. The van der Waals surface area contributed by atoms with Crippen LogP contribution in [0.3, 0.4) is 0 Å². The van der Waals surface area contributed by atoms with Crippen molar-refractivity contribution in [3.8, 4) is 5.69 Å². The van der Waals surface area contributed by atoms with Crippen molar-refractivity contribution in [2.45, 2.75) is 84.2 Å². The van der Waals surface area contributed by atoms with Gasteiger partial charge in [-0.2, -0.15) is 0 Å². The van der Waals surface area contributed by atoms with Crippen LogP contribution in [0.15, 0.2) is 12.1 Å².